The SMILES string of the molecule is C=C(/C=C\c1c(C)ccc2c1NC(=O)Cn1c-2c(C2CCCCC2)c2sc(C(=O)O)cc21)c1ccccc1F. The summed E-state index contributed by atoms with van der Waals surface area (Å²) in [5, 5.41) is 12.9. The first-order valence-electron chi connectivity index (χ1n) is 13.3. The molecule has 1 aliphatic carbocycles. The summed E-state index contributed by atoms with van der Waals surface area (Å²) >= 11 is 1.31. The molecule has 5 nitrogen and oxygen atoms in total. The maximum absolute atomic E-state index is 14.4. The van der Waals surface area contributed by atoms with Gasteiger partial charge in [-0.05, 0) is 54.5 Å². The number of anilines is 1. The Balaban J connectivity index is 1.55. The molecule has 198 valence electrons. The van der Waals surface area contributed by atoms with E-state index in [0.29, 0.717) is 17.1 Å². The van der Waals surface area contributed by atoms with Crippen molar-refractivity contribution in [3.05, 3.63) is 88.1 Å². The number of benzene rings is 2. The minimum Gasteiger partial charge on any atom is -0.477 e. The van der Waals surface area contributed by atoms with Gasteiger partial charge in [-0.15, -0.1) is 11.3 Å². The molecule has 1 amide bonds. The van der Waals surface area contributed by atoms with Gasteiger partial charge in [0.15, 0.2) is 0 Å². The zero-order chi connectivity index (χ0) is 27.3. The predicted molar refractivity (Wildman–Crippen MR) is 156 cm³/mol. The molecule has 0 spiro atoms. The second kappa shape index (κ2) is 9.97. The quantitative estimate of drug-likeness (QED) is 0.250. The number of carbonyl (C=O) groups excluding carboxylic acids is 1. The number of aryl methyl sites for hydroxylation is 1. The van der Waals surface area contributed by atoms with Crippen molar-refractivity contribution in [3.63, 3.8) is 0 Å². The number of allylic oxidation sites excluding steroid dienone is 2. The number of carboxylic acid groups (broad SMARTS) is 1. The van der Waals surface area contributed by atoms with E-state index in [0.717, 1.165) is 69.5 Å². The first-order valence-corrected chi connectivity index (χ1v) is 14.1. The zero-order valence-electron chi connectivity index (χ0n) is 21.7. The van der Waals surface area contributed by atoms with Gasteiger partial charge in [0, 0.05) is 16.7 Å². The third kappa shape index (κ3) is 4.40. The van der Waals surface area contributed by atoms with Crippen LogP contribution in [0.4, 0.5) is 10.1 Å². The highest BCUT2D eigenvalue weighted by molar-refractivity contribution is 7.21. The zero-order valence-corrected chi connectivity index (χ0v) is 22.5. The Labute approximate surface area is 230 Å². The third-order valence-electron chi connectivity index (χ3n) is 7.95. The van der Waals surface area contributed by atoms with Crippen LogP contribution in [0.2, 0.25) is 0 Å². The number of carboxylic acids is 1. The Morgan fingerprint density at radius 1 is 1.18 bits per heavy atom. The molecule has 0 atom stereocenters. The molecule has 0 bridgehead atoms. The molecule has 3 heterocycles. The third-order valence-corrected chi connectivity index (χ3v) is 9.10. The highest BCUT2D eigenvalue weighted by Gasteiger charge is 2.32. The van der Waals surface area contributed by atoms with Crippen molar-refractivity contribution >= 4 is 50.8 Å². The van der Waals surface area contributed by atoms with Gasteiger partial charge in [0.25, 0.3) is 0 Å². The van der Waals surface area contributed by atoms with Crippen LogP contribution in [0, 0.1) is 12.7 Å². The Kier molecular flexibility index (Phi) is 6.47. The largest absolute Gasteiger partial charge is 0.477 e. The van der Waals surface area contributed by atoms with Crippen LogP contribution in [0.5, 0.6) is 0 Å². The lowest BCUT2D eigenvalue weighted by atomic mass is 9.82. The molecule has 4 aromatic rings. The summed E-state index contributed by atoms with van der Waals surface area (Å²) in [6, 6.07) is 12.3. The molecule has 0 radical (unpaired) electrons. The van der Waals surface area contributed by atoms with Crippen LogP contribution in [0.3, 0.4) is 0 Å². The standard InChI is InChI=1S/C32H29FN2O3S/c1-18(21-10-6-7-11-24(21)33)12-14-22-19(2)13-15-23-29(22)34-27(36)17-35-25-16-26(32(37)38)39-31(25)28(30(23)35)20-8-4-3-5-9-20/h6-7,10-16,20H,1,3-5,8-9,17H2,2H3,(H,34,36)(H,37,38)/b14-12-. The predicted octanol–water partition coefficient (Wildman–Crippen LogP) is 8.24. The molecule has 1 fully saturated rings. The molecular formula is C32H29FN2O3S. The van der Waals surface area contributed by atoms with Crippen LogP contribution in [-0.4, -0.2) is 21.6 Å². The summed E-state index contributed by atoms with van der Waals surface area (Å²) in [4.78, 5) is 25.5. The number of rotatable bonds is 5. The second-order valence-electron chi connectivity index (χ2n) is 10.4. The summed E-state index contributed by atoms with van der Waals surface area (Å²) in [5.74, 6) is -1.14. The van der Waals surface area contributed by atoms with E-state index in [9.17, 15) is 19.1 Å². The molecule has 2 aliphatic rings. The Bertz CT molecular complexity index is 1690. The summed E-state index contributed by atoms with van der Waals surface area (Å²) in [5.41, 5.74) is 7.39. The molecule has 7 heteroatoms. The van der Waals surface area contributed by atoms with Crippen molar-refractivity contribution in [2.75, 3.05) is 5.32 Å². The van der Waals surface area contributed by atoms with E-state index in [-0.39, 0.29) is 23.1 Å². The fourth-order valence-corrected chi connectivity index (χ4v) is 7.19. The van der Waals surface area contributed by atoms with E-state index in [2.05, 4.69) is 18.0 Å². The summed E-state index contributed by atoms with van der Waals surface area (Å²) in [7, 11) is 0. The number of fused-ring (bicyclic) bond motifs is 5. The van der Waals surface area contributed by atoms with E-state index in [1.165, 1.54) is 23.8 Å². The monoisotopic (exact) mass is 540 g/mol. The topological polar surface area (TPSA) is 71.3 Å². The van der Waals surface area contributed by atoms with Gasteiger partial charge in [-0.2, -0.15) is 0 Å². The van der Waals surface area contributed by atoms with Gasteiger partial charge in [0.1, 0.15) is 17.2 Å². The maximum Gasteiger partial charge on any atom is 0.345 e. The van der Waals surface area contributed by atoms with Crippen LogP contribution in [0.1, 0.15) is 69.9 Å². The van der Waals surface area contributed by atoms with Crippen molar-refractivity contribution in [1.82, 2.24) is 4.57 Å². The molecule has 1 aliphatic heterocycles. The molecule has 1 saturated carbocycles. The van der Waals surface area contributed by atoms with Crippen molar-refractivity contribution in [1.29, 1.82) is 0 Å². The van der Waals surface area contributed by atoms with Crippen LogP contribution in [0.25, 0.3) is 33.1 Å². The van der Waals surface area contributed by atoms with Crippen LogP contribution >= 0.6 is 11.3 Å². The van der Waals surface area contributed by atoms with Crippen molar-refractivity contribution in [2.45, 2.75) is 51.5 Å². The second-order valence-corrected chi connectivity index (χ2v) is 11.5. The normalized spacial score (nSPS) is 15.7. The van der Waals surface area contributed by atoms with E-state index in [1.807, 2.05) is 23.6 Å². The first-order chi connectivity index (χ1) is 18.8. The Morgan fingerprint density at radius 2 is 1.95 bits per heavy atom. The van der Waals surface area contributed by atoms with Gasteiger partial charge in [-0.3, -0.25) is 4.79 Å². The molecule has 0 unspecified atom stereocenters. The van der Waals surface area contributed by atoms with Gasteiger partial charge in [-0.1, -0.05) is 68.3 Å². The first kappa shape index (κ1) is 25.3. The van der Waals surface area contributed by atoms with Crippen LogP contribution in [-0.2, 0) is 11.3 Å². The number of hydrogen-bond donors (Lipinski definition) is 2. The molecule has 2 aromatic heterocycles. The number of hydrogen-bond acceptors (Lipinski definition) is 3. The number of aromatic nitrogens is 1. The minimum absolute atomic E-state index is 0.104. The average Bonchev–Trinajstić information content (AvgIpc) is 3.43. The minimum atomic E-state index is -0.947. The van der Waals surface area contributed by atoms with Gasteiger partial charge in [-0.25, -0.2) is 9.18 Å². The maximum atomic E-state index is 14.4. The molecule has 39 heavy (non-hydrogen) atoms. The number of thiophene rings is 1. The molecule has 2 aromatic carbocycles. The van der Waals surface area contributed by atoms with E-state index in [4.69, 9.17) is 0 Å². The summed E-state index contributed by atoms with van der Waals surface area (Å²) in [6.07, 6.45) is 9.26. The highest BCUT2D eigenvalue weighted by atomic mass is 32.1. The fourth-order valence-electron chi connectivity index (χ4n) is 6.07. The van der Waals surface area contributed by atoms with Crippen molar-refractivity contribution in [2.24, 2.45) is 0 Å². The number of amides is 1. The summed E-state index contributed by atoms with van der Waals surface area (Å²) in [6.45, 7) is 6.16. The fraction of sp³-hybridized carbons (Fsp3) is 0.250. The summed E-state index contributed by atoms with van der Waals surface area (Å²) < 4.78 is 17.3. The van der Waals surface area contributed by atoms with Crippen LogP contribution in [0.15, 0.2) is 55.1 Å². The smallest absolute Gasteiger partial charge is 0.345 e. The highest BCUT2D eigenvalue weighted by Crippen LogP contribution is 2.49. The molecular weight excluding hydrogens is 511 g/mol. The number of carbonyl (C=O) groups is 2. The van der Waals surface area contributed by atoms with E-state index in [1.54, 1.807) is 30.3 Å². The van der Waals surface area contributed by atoms with Gasteiger partial charge < -0.3 is 15.0 Å². The molecule has 6 rings (SSSR count). The van der Waals surface area contributed by atoms with Gasteiger partial charge in [0.2, 0.25) is 5.91 Å². The number of aromatic carboxylic acids is 1. The Morgan fingerprint density at radius 3 is 2.69 bits per heavy atom. The Hall–Kier alpha value is -3.97. The molecule has 0 saturated heterocycles. The number of nitrogens with zero attached hydrogens (tertiary/aromatic N) is 1. The number of nitrogens with one attached hydrogen (secondary N) is 1. The van der Waals surface area contributed by atoms with Gasteiger partial charge >= 0.3 is 5.97 Å². The lowest BCUT2D eigenvalue weighted by Crippen LogP contribution is -2.17. The van der Waals surface area contributed by atoms with Crippen molar-refractivity contribution < 1.29 is 19.1 Å². The molecule has 2 N–H and O–H groups in total. The van der Waals surface area contributed by atoms with Crippen molar-refractivity contribution in [3.8, 4) is 11.3 Å². The van der Waals surface area contributed by atoms with Gasteiger partial charge in [0.05, 0.1) is 21.6 Å². The van der Waals surface area contributed by atoms with E-state index >= 15 is 0 Å². The van der Waals surface area contributed by atoms with Crippen LogP contribution < -0.4 is 5.32 Å². The lowest BCUT2D eigenvalue weighted by molar-refractivity contribution is -0.116. The lowest BCUT2D eigenvalue weighted by Gasteiger charge is -2.24. The number of halogens is 1. The van der Waals surface area contributed by atoms with E-state index < -0.39 is 5.97 Å². The average molecular weight is 541 g/mol.